The van der Waals surface area contributed by atoms with E-state index in [4.69, 9.17) is 11.6 Å². The zero-order valence-corrected chi connectivity index (χ0v) is 4.40. The Balaban J connectivity index is 2.75. The third-order valence-electron chi connectivity index (χ3n) is 0.469. The first-order chi connectivity index (χ1) is 2.81. The molecule has 0 radical (unpaired) electrons. The molecule has 0 amide bonds. The van der Waals surface area contributed by atoms with Gasteiger partial charge in [-0.1, -0.05) is 18.5 Å². The molecular weight excluding hydrogens is 101 g/mol. The van der Waals surface area contributed by atoms with Gasteiger partial charge in [-0.3, -0.25) is 4.84 Å². The van der Waals surface area contributed by atoms with Gasteiger partial charge in [-0.15, -0.1) is 0 Å². The van der Waals surface area contributed by atoms with Gasteiger partial charge in [-0.05, 0) is 6.42 Å². The van der Waals surface area contributed by atoms with E-state index in [1.54, 1.807) is 0 Å². The van der Waals surface area contributed by atoms with E-state index in [2.05, 4.69) is 10.7 Å². The number of rotatable bonds is 2. The topological polar surface area (TPSA) is 35.2 Å². The minimum Gasteiger partial charge on any atom is -0.285 e. The van der Waals surface area contributed by atoms with Crippen LogP contribution in [0.1, 0.15) is 13.3 Å². The minimum absolute atomic E-state index is 0.315. The van der Waals surface area contributed by atoms with E-state index < -0.39 is 0 Å². The van der Waals surface area contributed by atoms with E-state index in [0.29, 0.717) is 0 Å². The molecule has 0 aliphatic carbocycles. The standard InChI is InChI=1S/C3H8ClNO/c1-2-3(4)6-5/h3H,2,5H2,1H3. The summed E-state index contributed by atoms with van der Waals surface area (Å²) in [6.07, 6.45) is 0.748. The van der Waals surface area contributed by atoms with Crippen LogP contribution in [0, 0.1) is 0 Å². The fourth-order valence-electron chi connectivity index (χ4n) is 0.0962. The first-order valence-corrected chi connectivity index (χ1v) is 2.24. The Morgan fingerprint density at radius 1 is 2.00 bits per heavy atom. The van der Waals surface area contributed by atoms with Gasteiger partial charge >= 0.3 is 0 Å². The first-order valence-electron chi connectivity index (χ1n) is 1.80. The maximum atomic E-state index is 5.30. The molecule has 1 atom stereocenters. The van der Waals surface area contributed by atoms with Crippen molar-refractivity contribution in [3.63, 3.8) is 0 Å². The van der Waals surface area contributed by atoms with E-state index in [1.807, 2.05) is 6.92 Å². The lowest BCUT2D eigenvalue weighted by Gasteiger charge is -1.97. The van der Waals surface area contributed by atoms with E-state index in [1.165, 1.54) is 0 Å². The predicted molar refractivity (Wildman–Crippen MR) is 25.2 cm³/mol. The van der Waals surface area contributed by atoms with Crippen LogP contribution in [0.25, 0.3) is 0 Å². The number of hydrogen-bond acceptors (Lipinski definition) is 2. The highest BCUT2D eigenvalue weighted by molar-refractivity contribution is 6.19. The minimum atomic E-state index is -0.315. The summed E-state index contributed by atoms with van der Waals surface area (Å²) < 4.78 is 0. The van der Waals surface area contributed by atoms with Crippen LogP contribution >= 0.6 is 11.6 Å². The molecule has 0 aromatic heterocycles. The monoisotopic (exact) mass is 109 g/mol. The number of halogens is 1. The molecule has 0 saturated heterocycles. The number of alkyl halides is 1. The Morgan fingerprint density at radius 2 is 2.50 bits per heavy atom. The van der Waals surface area contributed by atoms with Crippen molar-refractivity contribution in [2.45, 2.75) is 18.9 Å². The normalized spacial score (nSPS) is 14.5. The van der Waals surface area contributed by atoms with Crippen LogP contribution in [-0.2, 0) is 4.84 Å². The fraction of sp³-hybridized carbons (Fsp3) is 1.00. The molecule has 0 heterocycles. The Morgan fingerprint density at radius 3 is 2.50 bits per heavy atom. The summed E-state index contributed by atoms with van der Waals surface area (Å²) in [6, 6.07) is 0. The lowest BCUT2D eigenvalue weighted by Crippen LogP contribution is -2.07. The van der Waals surface area contributed by atoms with Gasteiger partial charge in [-0.2, -0.15) is 0 Å². The molecule has 2 nitrogen and oxygen atoms in total. The highest BCUT2D eigenvalue weighted by Crippen LogP contribution is 1.96. The molecule has 6 heavy (non-hydrogen) atoms. The van der Waals surface area contributed by atoms with E-state index >= 15 is 0 Å². The Bertz CT molecular complexity index is 30.0. The van der Waals surface area contributed by atoms with Crippen LogP contribution in [0.5, 0.6) is 0 Å². The summed E-state index contributed by atoms with van der Waals surface area (Å²) in [7, 11) is 0. The van der Waals surface area contributed by atoms with Crippen molar-refractivity contribution in [1.82, 2.24) is 0 Å². The largest absolute Gasteiger partial charge is 0.285 e. The van der Waals surface area contributed by atoms with Crippen molar-refractivity contribution in [1.29, 1.82) is 0 Å². The lowest BCUT2D eigenvalue weighted by molar-refractivity contribution is 0.107. The summed E-state index contributed by atoms with van der Waals surface area (Å²) in [5.74, 6) is 4.65. The van der Waals surface area contributed by atoms with E-state index in [0.717, 1.165) is 6.42 Å². The third-order valence-corrected chi connectivity index (χ3v) is 0.880. The second-order valence-corrected chi connectivity index (χ2v) is 1.44. The van der Waals surface area contributed by atoms with Gasteiger partial charge in [0.25, 0.3) is 0 Å². The molecule has 38 valence electrons. The maximum Gasteiger partial charge on any atom is 0.151 e. The molecular formula is C3H8ClNO. The van der Waals surface area contributed by atoms with Crippen LogP contribution < -0.4 is 5.90 Å². The van der Waals surface area contributed by atoms with Crippen molar-refractivity contribution in [3.8, 4) is 0 Å². The second kappa shape index (κ2) is 3.40. The second-order valence-electron chi connectivity index (χ2n) is 0.954. The summed E-state index contributed by atoms with van der Waals surface area (Å²) in [4.78, 5) is 4.16. The summed E-state index contributed by atoms with van der Waals surface area (Å²) in [5.41, 5.74) is -0.315. The summed E-state index contributed by atoms with van der Waals surface area (Å²) >= 11 is 5.30. The average molecular weight is 110 g/mol. The van der Waals surface area contributed by atoms with Crippen molar-refractivity contribution in [2.24, 2.45) is 5.90 Å². The molecule has 2 N–H and O–H groups in total. The molecule has 0 spiro atoms. The van der Waals surface area contributed by atoms with Gasteiger partial charge in [0.05, 0.1) is 0 Å². The van der Waals surface area contributed by atoms with Gasteiger partial charge < -0.3 is 0 Å². The molecule has 0 aliphatic rings. The molecule has 0 rings (SSSR count). The van der Waals surface area contributed by atoms with Gasteiger partial charge in [0.2, 0.25) is 0 Å². The van der Waals surface area contributed by atoms with Crippen molar-refractivity contribution in [3.05, 3.63) is 0 Å². The van der Waals surface area contributed by atoms with Crippen LogP contribution in [-0.4, -0.2) is 5.56 Å². The Labute approximate surface area is 42.2 Å². The summed E-state index contributed by atoms with van der Waals surface area (Å²) in [6.45, 7) is 1.89. The van der Waals surface area contributed by atoms with E-state index in [9.17, 15) is 0 Å². The molecule has 1 unspecified atom stereocenters. The molecule has 0 aliphatic heterocycles. The average Bonchev–Trinajstić information content (AvgIpc) is 1.65. The molecule has 0 saturated carbocycles. The van der Waals surface area contributed by atoms with Crippen LogP contribution in [0.3, 0.4) is 0 Å². The molecule has 0 aromatic rings. The van der Waals surface area contributed by atoms with Gasteiger partial charge in [0, 0.05) is 0 Å². The number of hydrogen-bond donors (Lipinski definition) is 1. The van der Waals surface area contributed by atoms with Gasteiger partial charge in [0.15, 0.2) is 5.56 Å². The quantitative estimate of drug-likeness (QED) is 0.422. The molecule has 0 fully saturated rings. The number of nitrogens with two attached hydrogens (primary N) is 1. The van der Waals surface area contributed by atoms with Crippen molar-refractivity contribution in [2.75, 3.05) is 0 Å². The van der Waals surface area contributed by atoms with Gasteiger partial charge in [-0.25, -0.2) is 5.90 Å². The molecule has 0 aromatic carbocycles. The van der Waals surface area contributed by atoms with Crippen LogP contribution in [0.2, 0.25) is 0 Å². The predicted octanol–water partition coefficient (Wildman–Crippen LogP) is 0.852. The molecule has 0 bridgehead atoms. The highest BCUT2D eigenvalue weighted by atomic mass is 35.5. The smallest absolute Gasteiger partial charge is 0.151 e. The SMILES string of the molecule is CCC(Cl)ON. The van der Waals surface area contributed by atoms with E-state index in [-0.39, 0.29) is 5.56 Å². The van der Waals surface area contributed by atoms with Crippen LogP contribution in [0.15, 0.2) is 0 Å². The van der Waals surface area contributed by atoms with Crippen molar-refractivity contribution < 1.29 is 4.84 Å². The first kappa shape index (κ1) is 6.21. The van der Waals surface area contributed by atoms with Crippen LogP contribution in [0.4, 0.5) is 0 Å². The maximum absolute atomic E-state index is 5.30. The van der Waals surface area contributed by atoms with Gasteiger partial charge in [0.1, 0.15) is 0 Å². The fourth-order valence-corrected chi connectivity index (χ4v) is 0.0962. The van der Waals surface area contributed by atoms with Crippen molar-refractivity contribution >= 4 is 11.6 Å². The summed E-state index contributed by atoms with van der Waals surface area (Å²) in [5, 5.41) is 0. The Hall–Kier alpha value is 0.210. The molecule has 3 heteroatoms. The highest BCUT2D eigenvalue weighted by Gasteiger charge is 1.92. The third kappa shape index (κ3) is 2.45. The lowest BCUT2D eigenvalue weighted by atomic mass is 10.5. The Kier molecular flexibility index (Phi) is 3.52. The zero-order valence-electron chi connectivity index (χ0n) is 3.65. The zero-order chi connectivity index (χ0) is 4.99.